The molecule has 9 nitrogen and oxygen atoms in total. The number of nitro groups is 1. The molecule has 0 bridgehead atoms. The van der Waals surface area contributed by atoms with Crippen molar-refractivity contribution in [2.24, 2.45) is 5.92 Å². The molecule has 1 aliphatic heterocycles. The number of carboxylic acid groups (broad SMARTS) is 1. The highest BCUT2D eigenvalue weighted by molar-refractivity contribution is 5.85. The molecule has 25 heavy (non-hydrogen) atoms. The highest BCUT2D eigenvalue weighted by Gasteiger charge is 2.26. The number of piperidine rings is 1. The molecule has 0 aliphatic carbocycles. The molecule has 0 saturated carbocycles. The smallest absolute Gasteiger partial charge is 0.307 e. The fourth-order valence-corrected chi connectivity index (χ4v) is 2.76. The molecule has 0 radical (unpaired) electrons. The minimum Gasteiger partial charge on any atom is -0.481 e. The Labute approximate surface area is 149 Å². The van der Waals surface area contributed by atoms with E-state index in [1.807, 2.05) is 4.90 Å². The Morgan fingerprint density at radius 2 is 2.12 bits per heavy atom. The van der Waals surface area contributed by atoms with Crippen LogP contribution in [0.2, 0.25) is 0 Å². The van der Waals surface area contributed by atoms with E-state index in [0.717, 1.165) is 13.0 Å². The van der Waals surface area contributed by atoms with Crippen molar-refractivity contribution in [2.75, 3.05) is 13.1 Å². The molecule has 1 aromatic carbocycles. The van der Waals surface area contributed by atoms with Gasteiger partial charge in [0, 0.05) is 24.2 Å². The van der Waals surface area contributed by atoms with Gasteiger partial charge in [0.25, 0.3) is 5.69 Å². The molecule has 2 aromatic rings. The molecular formula is C15H17ClN4O5. The van der Waals surface area contributed by atoms with Crippen molar-refractivity contribution in [2.45, 2.75) is 19.4 Å². The fraction of sp³-hybridized carbons (Fsp3) is 0.400. The van der Waals surface area contributed by atoms with Crippen LogP contribution in [0.3, 0.4) is 0 Å². The van der Waals surface area contributed by atoms with E-state index in [-0.39, 0.29) is 24.0 Å². The third-order valence-electron chi connectivity index (χ3n) is 4.02. The largest absolute Gasteiger partial charge is 0.481 e. The molecule has 1 fully saturated rings. The maximum atomic E-state index is 11.1. The van der Waals surface area contributed by atoms with Crippen molar-refractivity contribution in [3.05, 3.63) is 40.3 Å². The van der Waals surface area contributed by atoms with Crippen LogP contribution in [0.4, 0.5) is 5.69 Å². The van der Waals surface area contributed by atoms with Gasteiger partial charge in [0.15, 0.2) is 0 Å². The van der Waals surface area contributed by atoms with Crippen molar-refractivity contribution in [1.82, 2.24) is 15.0 Å². The summed E-state index contributed by atoms with van der Waals surface area (Å²) in [4.78, 5) is 27.5. The lowest BCUT2D eigenvalue weighted by Crippen LogP contribution is -2.38. The number of hydrogen-bond donors (Lipinski definition) is 1. The number of aliphatic carboxylic acids is 1. The van der Waals surface area contributed by atoms with Crippen LogP contribution in [0, 0.1) is 16.0 Å². The summed E-state index contributed by atoms with van der Waals surface area (Å²) in [6.07, 6.45) is 1.50. The van der Waals surface area contributed by atoms with Crippen molar-refractivity contribution >= 4 is 24.1 Å². The molecule has 0 spiro atoms. The SMILES string of the molecule is Cl.O=C(O)C1CCCN(Cc2nc(-c3ccc([N+](=O)[O-])cc3)no2)C1. The van der Waals surface area contributed by atoms with Crippen LogP contribution < -0.4 is 0 Å². The Morgan fingerprint density at radius 1 is 1.40 bits per heavy atom. The average Bonchev–Trinajstić information content (AvgIpc) is 3.03. The minimum absolute atomic E-state index is 0. The summed E-state index contributed by atoms with van der Waals surface area (Å²) in [6, 6.07) is 5.89. The predicted octanol–water partition coefficient (Wildman–Crippen LogP) is 2.36. The second-order valence-corrected chi connectivity index (χ2v) is 5.73. The van der Waals surface area contributed by atoms with E-state index >= 15 is 0 Å². The number of hydrogen-bond acceptors (Lipinski definition) is 7. The maximum Gasteiger partial charge on any atom is 0.307 e. The van der Waals surface area contributed by atoms with Gasteiger partial charge in [-0.05, 0) is 31.5 Å². The lowest BCUT2D eigenvalue weighted by atomic mass is 9.98. The van der Waals surface area contributed by atoms with Gasteiger partial charge in [-0.15, -0.1) is 12.4 Å². The number of likely N-dealkylation sites (tertiary alicyclic amines) is 1. The van der Waals surface area contributed by atoms with Crippen LogP contribution in [0.5, 0.6) is 0 Å². The third-order valence-corrected chi connectivity index (χ3v) is 4.02. The monoisotopic (exact) mass is 368 g/mol. The quantitative estimate of drug-likeness (QED) is 0.630. The fourth-order valence-electron chi connectivity index (χ4n) is 2.76. The number of rotatable bonds is 5. The first-order valence-corrected chi connectivity index (χ1v) is 7.55. The second kappa shape index (κ2) is 8.04. The summed E-state index contributed by atoms with van der Waals surface area (Å²) in [5.41, 5.74) is 0.619. The molecule has 3 rings (SSSR count). The average molecular weight is 369 g/mol. The van der Waals surface area contributed by atoms with Crippen LogP contribution in [-0.4, -0.2) is 44.1 Å². The number of non-ortho nitro benzene ring substituents is 1. The van der Waals surface area contributed by atoms with Crippen molar-refractivity contribution in [3.8, 4) is 11.4 Å². The zero-order valence-corrected chi connectivity index (χ0v) is 14.0. The summed E-state index contributed by atoms with van der Waals surface area (Å²) in [7, 11) is 0. The number of benzene rings is 1. The van der Waals surface area contributed by atoms with Gasteiger partial charge >= 0.3 is 5.97 Å². The van der Waals surface area contributed by atoms with E-state index in [0.29, 0.717) is 36.8 Å². The molecule has 1 aliphatic rings. The lowest BCUT2D eigenvalue weighted by molar-refractivity contribution is -0.384. The van der Waals surface area contributed by atoms with Crippen LogP contribution in [0.1, 0.15) is 18.7 Å². The first-order chi connectivity index (χ1) is 11.5. The molecule has 1 unspecified atom stereocenters. The van der Waals surface area contributed by atoms with Gasteiger partial charge in [0.05, 0.1) is 17.4 Å². The highest BCUT2D eigenvalue weighted by Crippen LogP contribution is 2.22. The van der Waals surface area contributed by atoms with E-state index in [4.69, 9.17) is 9.63 Å². The first kappa shape index (κ1) is 18.8. The number of carboxylic acids is 1. The minimum atomic E-state index is -0.781. The van der Waals surface area contributed by atoms with Crippen molar-refractivity contribution in [1.29, 1.82) is 0 Å². The van der Waals surface area contributed by atoms with Gasteiger partial charge in [-0.3, -0.25) is 19.8 Å². The van der Waals surface area contributed by atoms with Gasteiger partial charge in [-0.2, -0.15) is 4.98 Å². The normalized spacial score (nSPS) is 17.7. The van der Waals surface area contributed by atoms with E-state index in [9.17, 15) is 14.9 Å². The molecule has 10 heteroatoms. The van der Waals surface area contributed by atoms with Crippen molar-refractivity contribution in [3.63, 3.8) is 0 Å². The molecule has 0 amide bonds. The Balaban J connectivity index is 0.00000225. The van der Waals surface area contributed by atoms with Crippen LogP contribution >= 0.6 is 12.4 Å². The number of nitrogens with zero attached hydrogens (tertiary/aromatic N) is 4. The van der Waals surface area contributed by atoms with E-state index in [2.05, 4.69) is 10.1 Å². The molecule has 1 N–H and O–H groups in total. The number of halogens is 1. The Bertz CT molecular complexity index is 749. The van der Waals surface area contributed by atoms with Gasteiger partial charge < -0.3 is 9.63 Å². The zero-order valence-electron chi connectivity index (χ0n) is 13.2. The van der Waals surface area contributed by atoms with Crippen molar-refractivity contribution < 1.29 is 19.3 Å². The zero-order chi connectivity index (χ0) is 17.1. The maximum absolute atomic E-state index is 11.1. The molecule has 2 heterocycles. The van der Waals surface area contributed by atoms with Gasteiger partial charge in [0.1, 0.15) is 0 Å². The van der Waals surface area contributed by atoms with Gasteiger partial charge in [-0.25, -0.2) is 0 Å². The predicted molar refractivity (Wildman–Crippen MR) is 89.3 cm³/mol. The summed E-state index contributed by atoms with van der Waals surface area (Å²) in [6.45, 7) is 1.65. The summed E-state index contributed by atoms with van der Waals surface area (Å²) >= 11 is 0. The highest BCUT2D eigenvalue weighted by atomic mass is 35.5. The van der Waals surface area contributed by atoms with E-state index in [1.54, 1.807) is 12.1 Å². The molecular weight excluding hydrogens is 352 g/mol. The van der Waals surface area contributed by atoms with Crippen LogP contribution in [-0.2, 0) is 11.3 Å². The molecule has 1 aromatic heterocycles. The Hall–Kier alpha value is -2.52. The molecule has 134 valence electrons. The van der Waals surface area contributed by atoms with Gasteiger partial charge in [-0.1, -0.05) is 5.16 Å². The molecule has 1 atom stereocenters. The number of aromatic nitrogens is 2. The second-order valence-electron chi connectivity index (χ2n) is 5.73. The van der Waals surface area contributed by atoms with E-state index < -0.39 is 10.9 Å². The third kappa shape index (κ3) is 4.52. The number of carbonyl (C=O) groups is 1. The topological polar surface area (TPSA) is 123 Å². The first-order valence-electron chi connectivity index (χ1n) is 7.55. The lowest BCUT2D eigenvalue weighted by Gasteiger charge is -2.29. The summed E-state index contributed by atoms with van der Waals surface area (Å²) < 4.78 is 5.21. The molecule has 1 saturated heterocycles. The Morgan fingerprint density at radius 3 is 2.76 bits per heavy atom. The number of nitro benzene ring substituents is 1. The van der Waals surface area contributed by atoms with Gasteiger partial charge in [0.2, 0.25) is 11.7 Å². The summed E-state index contributed by atoms with van der Waals surface area (Å²) in [5.74, 6) is -0.395. The summed E-state index contributed by atoms with van der Waals surface area (Å²) in [5, 5.41) is 23.6. The Kier molecular flexibility index (Phi) is 6.05. The van der Waals surface area contributed by atoms with Crippen LogP contribution in [0.15, 0.2) is 28.8 Å². The van der Waals surface area contributed by atoms with E-state index in [1.165, 1.54) is 12.1 Å². The van der Waals surface area contributed by atoms with Crippen LogP contribution in [0.25, 0.3) is 11.4 Å². The standard InChI is InChI=1S/C15H16N4O5.ClH/c20-15(21)11-2-1-7-18(8-11)9-13-16-14(17-24-13)10-3-5-12(6-4-10)19(22)23;/h3-6,11H,1-2,7-9H2,(H,20,21);1H.